The first-order valence-corrected chi connectivity index (χ1v) is 8.21. The molecule has 0 aliphatic carbocycles. The van der Waals surface area contributed by atoms with E-state index < -0.39 is 0 Å². The highest BCUT2D eigenvalue weighted by molar-refractivity contribution is 9.11. The second-order valence-corrected chi connectivity index (χ2v) is 6.54. The molecule has 2 aromatic rings. The molecule has 2 aromatic carbocycles. The third-order valence-corrected chi connectivity index (χ3v) is 4.02. The predicted molar refractivity (Wildman–Crippen MR) is 100 cm³/mol. The highest BCUT2D eigenvalue weighted by atomic mass is 79.9. The Morgan fingerprint density at radius 1 is 0.952 bits per heavy atom. The van der Waals surface area contributed by atoms with E-state index in [2.05, 4.69) is 87.8 Å². The van der Waals surface area contributed by atoms with Crippen molar-refractivity contribution in [3.8, 4) is 11.1 Å². The van der Waals surface area contributed by atoms with Crippen molar-refractivity contribution in [3.63, 3.8) is 0 Å². The summed E-state index contributed by atoms with van der Waals surface area (Å²) in [5.41, 5.74) is 4.84. The third kappa shape index (κ3) is 4.55. The van der Waals surface area contributed by atoms with Gasteiger partial charge in [-0.1, -0.05) is 80.9 Å². The topological polar surface area (TPSA) is 0 Å². The molecule has 0 radical (unpaired) electrons. The second kappa shape index (κ2) is 7.58. The Bertz CT molecular complexity index is 689. The lowest BCUT2D eigenvalue weighted by Gasteiger charge is -2.07. The lowest BCUT2D eigenvalue weighted by Crippen LogP contribution is -1.83. The van der Waals surface area contributed by atoms with E-state index >= 15 is 0 Å². The van der Waals surface area contributed by atoms with Crippen LogP contribution in [0, 0.1) is 0 Å². The molecule has 0 unspecified atom stereocenters. The highest BCUT2D eigenvalue weighted by Crippen LogP contribution is 2.29. The fourth-order valence-corrected chi connectivity index (χ4v) is 3.33. The normalized spacial score (nSPS) is 11.9. The van der Waals surface area contributed by atoms with Crippen molar-refractivity contribution in [2.24, 2.45) is 0 Å². The molecule has 0 aliphatic rings. The molecule has 0 bridgehead atoms. The number of hydrogen-bond acceptors (Lipinski definition) is 0. The molecule has 0 saturated heterocycles. The summed E-state index contributed by atoms with van der Waals surface area (Å²) in [6, 6.07) is 14.9. The van der Waals surface area contributed by atoms with Crippen molar-refractivity contribution in [3.05, 3.63) is 87.9 Å². The summed E-state index contributed by atoms with van der Waals surface area (Å²) in [6.07, 6.45) is 7.81. The average molecular weight is 404 g/mol. The number of benzene rings is 2. The van der Waals surface area contributed by atoms with Gasteiger partial charge < -0.3 is 0 Å². The molecule has 0 nitrogen and oxygen atoms in total. The Labute approximate surface area is 143 Å². The molecule has 0 saturated carbocycles. The molecule has 0 aromatic heterocycles. The Hall–Kier alpha value is -1.38. The fraction of sp³-hybridized carbons (Fsp3) is 0.0526. The van der Waals surface area contributed by atoms with Crippen LogP contribution in [-0.4, -0.2) is 0 Å². The van der Waals surface area contributed by atoms with Crippen LogP contribution in [0.1, 0.15) is 12.5 Å². The third-order valence-electron chi connectivity index (χ3n) is 3.11. The van der Waals surface area contributed by atoms with Gasteiger partial charge in [0.25, 0.3) is 0 Å². The number of allylic oxidation sites excluding steroid dienone is 5. The Balaban J connectivity index is 2.39. The molecule has 0 fully saturated rings. The summed E-state index contributed by atoms with van der Waals surface area (Å²) in [6.45, 7) is 5.79. The summed E-state index contributed by atoms with van der Waals surface area (Å²) >= 11 is 7.08. The Morgan fingerprint density at radius 3 is 2.33 bits per heavy atom. The van der Waals surface area contributed by atoms with E-state index in [1.807, 2.05) is 18.2 Å². The van der Waals surface area contributed by atoms with Crippen molar-refractivity contribution in [2.45, 2.75) is 6.92 Å². The van der Waals surface area contributed by atoms with Crippen molar-refractivity contribution < 1.29 is 0 Å². The lowest BCUT2D eigenvalue weighted by atomic mass is 9.99. The first-order valence-electron chi connectivity index (χ1n) is 6.63. The van der Waals surface area contributed by atoms with Gasteiger partial charge in [0.15, 0.2) is 0 Å². The standard InChI is InChI=1S/C19H16Br2/c1-3-4-5-7-14(2)15-8-6-9-16(10-15)17-11-18(20)13-19(21)12-17/h3-13H,1H2,2H3/b5-4-,14-7+. The maximum absolute atomic E-state index is 3.68. The number of halogens is 2. The summed E-state index contributed by atoms with van der Waals surface area (Å²) in [4.78, 5) is 0. The highest BCUT2D eigenvalue weighted by Gasteiger charge is 2.03. The molecule has 0 N–H and O–H groups in total. The molecule has 106 valence electrons. The SMILES string of the molecule is C=C/C=C\C=C(/C)c1cccc(-c2cc(Br)cc(Br)c2)c1. The van der Waals surface area contributed by atoms with Crippen LogP contribution >= 0.6 is 31.9 Å². The van der Waals surface area contributed by atoms with Gasteiger partial charge in [-0.3, -0.25) is 0 Å². The van der Waals surface area contributed by atoms with Gasteiger partial charge in [0.05, 0.1) is 0 Å². The molecule has 0 amide bonds. The van der Waals surface area contributed by atoms with E-state index in [1.54, 1.807) is 6.08 Å². The van der Waals surface area contributed by atoms with Crippen molar-refractivity contribution >= 4 is 37.4 Å². The zero-order valence-electron chi connectivity index (χ0n) is 11.8. The van der Waals surface area contributed by atoms with Gasteiger partial charge in [-0.25, -0.2) is 0 Å². The molecule has 0 spiro atoms. The lowest BCUT2D eigenvalue weighted by molar-refractivity contribution is 1.52. The van der Waals surface area contributed by atoms with E-state index in [1.165, 1.54) is 22.3 Å². The van der Waals surface area contributed by atoms with E-state index in [4.69, 9.17) is 0 Å². The van der Waals surface area contributed by atoms with Gasteiger partial charge in [-0.15, -0.1) is 0 Å². The zero-order chi connectivity index (χ0) is 15.2. The van der Waals surface area contributed by atoms with Gasteiger partial charge >= 0.3 is 0 Å². The van der Waals surface area contributed by atoms with E-state index in [0.29, 0.717) is 0 Å². The van der Waals surface area contributed by atoms with Gasteiger partial charge in [-0.05, 0) is 53.5 Å². The van der Waals surface area contributed by atoms with Crippen molar-refractivity contribution in [2.75, 3.05) is 0 Å². The molecule has 2 heteroatoms. The maximum atomic E-state index is 3.68. The Morgan fingerprint density at radius 2 is 1.67 bits per heavy atom. The first kappa shape index (κ1) is 16.0. The van der Waals surface area contributed by atoms with E-state index in [9.17, 15) is 0 Å². The van der Waals surface area contributed by atoms with Gasteiger partial charge in [0.2, 0.25) is 0 Å². The minimum Gasteiger partial charge on any atom is -0.0991 e. The summed E-state index contributed by atoms with van der Waals surface area (Å²) < 4.78 is 2.14. The molecule has 0 atom stereocenters. The Kier molecular flexibility index (Phi) is 5.77. The molecular formula is C19H16Br2. The number of rotatable bonds is 4. The molecule has 2 rings (SSSR count). The second-order valence-electron chi connectivity index (χ2n) is 4.71. The zero-order valence-corrected chi connectivity index (χ0v) is 15.0. The maximum Gasteiger partial charge on any atom is 0.0192 e. The van der Waals surface area contributed by atoms with Crippen LogP contribution < -0.4 is 0 Å². The molecular weight excluding hydrogens is 388 g/mol. The first-order chi connectivity index (χ1) is 10.1. The number of hydrogen-bond donors (Lipinski definition) is 0. The molecule has 0 heterocycles. The smallest absolute Gasteiger partial charge is 0.0192 e. The van der Waals surface area contributed by atoms with E-state index in [-0.39, 0.29) is 0 Å². The average Bonchev–Trinajstić information content (AvgIpc) is 2.46. The predicted octanol–water partition coefficient (Wildman–Crippen LogP) is 7.02. The van der Waals surface area contributed by atoms with Crippen LogP contribution in [0.4, 0.5) is 0 Å². The van der Waals surface area contributed by atoms with E-state index in [0.717, 1.165) is 8.95 Å². The monoisotopic (exact) mass is 402 g/mol. The van der Waals surface area contributed by atoms with Crippen LogP contribution in [0.25, 0.3) is 16.7 Å². The van der Waals surface area contributed by atoms with Crippen LogP contribution in [0.15, 0.2) is 82.3 Å². The largest absolute Gasteiger partial charge is 0.0991 e. The summed E-state index contributed by atoms with van der Waals surface area (Å²) in [5.74, 6) is 0. The quantitative estimate of drug-likeness (QED) is 0.481. The van der Waals surface area contributed by atoms with Gasteiger partial charge in [0, 0.05) is 8.95 Å². The molecule has 21 heavy (non-hydrogen) atoms. The fourth-order valence-electron chi connectivity index (χ4n) is 2.04. The van der Waals surface area contributed by atoms with Crippen LogP contribution in [0.2, 0.25) is 0 Å². The minimum absolute atomic E-state index is 1.07. The molecule has 0 aliphatic heterocycles. The van der Waals surface area contributed by atoms with Crippen LogP contribution in [0.3, 0.4) is 0 Å². The summed E-state index contributed by atoms with van der Waals surface area (Å²) in [5, 5.41) is 0. The van der Waals surface area contributed by atoms with Crippen LogP contribution in [0.5, 0.6) is 0 Å². The summed E-state index contributed by atoms with van der Waals surface area (Å²) in [7, 11) is 0. The van der Waals surface area contributed by atoms with Gasteiger partial charge in [-0.2, -0.15) is 0 Å². The van der Waals surface area contributed by atoms with Crippen molar-refractivity contribution in [1.82, 2.24) is 0 Å². The van der Waals surface area contributed by atoms with Gasteiger partial charge in [0.1, 0.15) is 0 Å². The van der Waals surface area contributed by atoms with Crippen molar-refractivity contribution in [1.29, 1.82) is 0 Å². The minimum atomic E-state index is 1.07. The van der Waals surface area contributed by atoms with Crippen LogP contribution in [-0.2, 0) is 0 Å².